The quantitative estimate of drug-likeness (QED) is 0.500. The van der Waals surface area contributed by atoms with Gasteiger partial charge in [0.1, 0.15) is 11.9 Å². The highest BCUT2D eigenvalue weighted by atomic mass is 32.1. The fourth-order valence-corrected chi connectivity index (χ4v) is 4.55. The second-order valence-electron chi connectivity index (χ2n) is 7.68. The summed E-state index contributed by atoms with van der Waals surface area (Å²) in [5, 5.41) is 5.37. The van der Waals surface area contributed by atoms with Crippen molar-refractivity contribution < 1.29 is 4.74 Å². The molecule has 2 aromatic rings. The molecule has 1 aliphatic rings. The molecule has 0 aliphatic carbocycles. The first-order valence-electron chi connectivity index (χ1n) is 10.9. The van der Waals surface area contributed by atoms with Gasteiger partial charge >= 0.3 is 0 Å². The summed E-state index contributed by atoms with van der Waals surface area (Å²) in [6.07, 6.45) is 4.43. The molecule has 1 aromatic carbocycles. The zero-order valence-corrected chi connectivity index (χ0v) is 19.3. The van der Waals surface area contributed by atoms with Crippen LogP contribution in [-0.4, -0.2) is 61.8 Å². The van der Waals surface area contributed by atoms with E-state index >= 15 is 0 Å². The van der Waals surface area contributed by atoms with Crippen molar-refractivity contribution in [3.8, 4) is 5.75 Å². The van der Waals surface area contributed by atoms with Crippen molar-refractivity contribution in [1.29, 1.82) is 0 Å². The Morgan fingerprint density at radius 2 is 1.94 bits per heavy atom. The third kappa shape index (κ3) is 7.14. The molecule has 0 radical (unpaired) electrons. The molecule has 1 aromatic heterocycles. The van der Waals surface area contributed by atoms with Crippen molar-refractivity contribution in [3.05, 3.63) is 77.7 Å². The normalized spacial score (nSPS) is 16.7. The molecule has 166 valence electrons. The fraction of sp³-hybridized carbons (Fsp3) is 0.400. The number of aliphatic imine (C=N–C) groups is 1. The maximum Gasteiger partial charge on any atom is 0.134 e. The lowest BCUT2D eigenvalue weighted by molar-refractivity contribution is 0.136. The summed E-state index contributed by atoms with van der Waals surface area (Å²) in [5.41, 5.74) is 2.23. The molecular weight excluding hydrogens is 404 g/mol. The van der Waals surface area contributed by atoms with Gasteiger partial charge in [0.25, 0.3) is 0 Å². The Hall–Kier alpha value is -2.25. The highest BCUT2D eigenvalue weighted by Gasteiger charge is 2.20. The Balaban J connectivity index is 1.60. The highest BCUT2D eigenvalue weighted by molar-refractivity contribution is 7.10. The van der Waals surface area contributed by atoms with Gasteiger partial charge in [-0.1, -0.05) is 37.4 Å². The van der Waals surface area contributed by atoms with E-state index in [1.807, 2.05) is 13.1 Å². The lowest BCUT2D eigenvalue weighted by Gasteiger charge is -2.35. The van der Waals surface area contributed by atoms with E-state index in [-0.39, 0.29) is 6.10 Å². The van der Waals surface area contributed by atoms with E-state index in [0.717, 1.165) is 63.7 Å². The van der Waals surface area contributed by atoms with Crippen molar-refractivity contribution in [2.75, 3.05) is 46.3 Å². The topological polar surface area (TPSA) is 40.1 Å². The monoisotopic (exact) mass is 438 g/mol. The zero-order chi connectivity index (χ0) is 21.9. The predicted octanol–water partition coefficient (Wildman–Crippen LogP) is 4.37. The minimum Gasteiger partial charge on any atom is -0.485 e. The lowest BCUT2D eigenvalue weighted by atomic mass is 10.1. The van der Waals surface area contributed by atoms with Gasteiger partial charge in [0.2, 0.25) is 0 Å². The molecular formula is C25H34N4OS. The Labute approximate surface area is 190 Å². The number of hydrogen-bond donors (Lipinski definition) is 1. The Morgan fingerprint density at radius 1 is 1.16 bits per heavy atom. The summed E-state index contributed by atoms with van der Waals surface area (Å²) < 4.78 is 6.55. The fourth-order valence-electron chi connectivity index (χ4n) is 3.76. The molecule has 2 heterocycles. The van der Waals surface area contributed by atoms with Crippen molar-refractivity contribution in [1.82, 2.24) is 15.1 Å². The molecule has 1 fully saturated rings. The summed E-state index contributed by atoms with van der Waals surface area (Å²) in [6.45, 7) is 14.3. The minimum atomic E-state index is 0.0759. The number of thiophene rings is 1. The van der Waals surface area contributed by atoms with E-state index in [9.17, 15) is 0 Å². The van der Waals surface area contributed by atoms with Gasteiger partial charge in [-0.15, -0.1) is 11.3 Å². The number of rotatable bonds is 12. The van der Waals surface area contributed by atoms with Crippen LogP contribution in [0.2, 0.25) is 0 Å². The number of piperazine rings is 1. The predicted molar refractivity (Wildman–Crippen MR) is 132 cm³/mol. The standard InChI is InChI=1S/C25H34N4OS/c1-4-22(27-5-2)20-29-16-14-28(15-17-29)19-21-9-6-7-10-23(21)30-24(12-13-26-3)25-11-8-18-31-25/h4-11,18,24,26H,1-2,12-17,19-20H2,3H3. The molecule has 0 bridgehead atoms. The third-order valence-electron chi connectivity index (χ3n) is 5.50. The van der Waals surface area contributed by atoms with Crippen LogP contribution in [0.5, 0.6) is 5.75 Å². The molecule has 1 N–H and O–H groups in total. The van der Waals surface area contributed by atoms with Gasteiger partial charge in [0.15, 0.2) is 0 Å². The van der Waals surface area contributed by atoms with Gasteiger partial charge in [0.05, 0.1) is 5.71 Å². The molecule has 1 saturated heterocycles. The first kappa shape index (κ1) is 23.4. The lowest BCUT2D eigenvalue weighted by Crippen LogP contribution is -2.47. The molecule has 5 nitrogen and oxygen atoms in total. The number of benzene rings is 1. The molecule has 31 heavy (non-hydrogen) atoms. The molecule has 3 rings (SSSR count). The molecule has 0 amide bonds. The Bertz CT molecular complexity index is 841. The maximum atomic E-state index is 6.55. The summed E-state index contributed by atoms with van der Waals surface area (Å²) in [6, 6.07) is 12.7. The van der Waals surface area contributed by atoms with Gasteiger partial charge < -0.3 is 10.1 Å². The number of hydrogen-bond acceptors (Lipinski definition) is 6. The molecule has 1 unspecified atom stereocenters. The van der Waals surface area contributed by atoms with Crippen LogP contribution in [0.1, 0.15) is 23.0 Å². The van der Waals surface area contributed by atoms with E-state index in [1.54, 1.807) is 17.5 Å². The average molecular weight is 439 g/mol. The molecule has 0 spiro atoms. The number of para-hydroxylation sites is 1. The van der Waals surface area contributed by atoms with Crippen molar-refractivity contribution >= 4 is 17.0 Å². The molecule has 6 heteroatoms. The van der Waals surface area contributed by atoms with E-state index in [4.69, 9.17) is 4.74 Å². The Morgan fingerprint density at radius 3 is 2.61 bits per heavy atom. The largest absolute Gasteiger partial charge is 0.485 e. The van der Waals surface area contributed by atoms with Gasteiger partial charge in [0, 0.05) is 62.3 Å². The molecule has 0 saturated carbocycles. The van der Waals surface area contributed by atoms with E-state index < -0.39 is 0 Å². The minimum absolute atomic E-state index is 0.0759. The van der Waals surface area contributed by atoms with Crippen molar-refractivity contribution in [2.24, 2.45) is 4.99 Å². The molecule has 1 atom stereocenters. The summed E-state index contributed by atoms with van der Waals surface area (Å²) >= 11 is 1.76. The summed E-state index contributed by atoms with van der Waals surface area (Å²) in [7, 11) is 1.99. The smallest absolute Gasteiger partial charge is 0.134 e. The highest BCUT2D eigenvalue weighted by Crippen LogP contribution is 2.30. The van der Waals surface area contributed by atoms with Crippen LogP contribution in [0.3, 0.4) is 0 Å². The summed E-state index contributed by atoms with van der Waals surface area (Å²) in [5.74, 6) is 0.992. The van der Waals surface area contributed by atoms with Crippen LogP contribution in [0.4, 0.5) is 0 Å². The second-order valence-corrected chi connectivity index (χ2v) is 8.66. The van der Waals surface area contributed by atoms with Gasteiger partial charge in [-0.3, -0.25) is 14.8 Å². The van der Waals surface area contributed by atoms with Crippen LogP contribution in [0, 0.1) is 0 Å². The maximum absolute atomic E-state index is 6.55. The van der Waals surface area contributed by atoms with Crippen LogP contribution in [-0.2, 0) is 6.54 Å². The van der Waals surface area contributed by atoms with Gasteiger partial charge in [-0.25, -0.2) is 0 Å². The van der Waals surface area contributed by atoms with Crippen molar-refractivity contribution in [3.63, 3.8) is 0 Å². The van der Waals surface area contributed by atoms with Gasteiger partial charge in [-0.2, -0.15) is 0 Å². The summed E-state index contributed by atoms with van der Waals surface area (Å²) in [4.78, 5) is 10.5. The molecule has 1 aliphatic heterocycles. The Kier molecular flexibility index (Phi) is 9.49. The zero-order valence-electron chi connectivity index (χ0n) is 18.5. The number of nitrogens with one attached hydrogen (secondary N) is 1. The number of ether oxygens (including phenoxy) is 1. The van der Waals surface area contributed by atoms with Crippen LogP contribution < -0.4 is 10.1 Å². The van der Waals surface area contributed by atoms with E-state index in [0.29, 0.717) is 0 Å². The van der Waals surface area contributed by atoms with Gasteiger partial charge in [-0.05, 0) is 37.2 Å². The van der Waals surface area contributed by atoms with Crippen LogP contribution >= 0.6 is 11.3 Å². The van der Waals surface area contributed by atoms with Crippen LogP contribution in [0.25, 0.3) is 0 Å². The first-order chi connectivity index (χ1) is 15.2. The third-order valence-corrected chi connectivity index (χ3v) is 6.46. The van der Waals surface area contributed by atoms with Crippen molar-refractivity contribution in [2.45, 2.75) is 19.1 Å². The second kappa shape index (κ2) is 12.6. The number of nitrogens with zero attached hydrogens (tertiary/aromatic N) is 3. The SMILES string of the molecule is C=CN=C(C=C)CN1CCN(Cc2ccccc2OC(CCNC)c2cccs2)CC1. The first-order valence-corrected chi connectivity index (χ1v) is 11.8. The average Bonchev–Trinajstić information content (AvgIpc) is 3.33. The van der Waals surface area contributed by atoms with E-state index in [1.165, 1.54) is 10.4 Å². The van der Waals surface area contributed by atoms with Crippen LogP contribution in [0.15, 0.2) is 72.2 Å². The van der Waals surface area contributed by atoms with E-state index in [2.05, 4.69) is 75.0 Å².